The zero-order chi connectivity index (χ0) is 15.9. The Labute approximate surface area is 133 Å². The van der Waals surface area contributed by atoms with E-state index in [1.807, 2.05) is 42.5 Å². The molecule has 0 saturated heterocycles. The lowest BCUT2D eigenvalue weighted by Gasteiger charge is -2.07. The van der Waals surface area contributed by atoms with Gasteiger partial charge in [0.05, 0.1) is 5.69 Å². The van der Waals surface area contributed by atoms with Crippen molar-refractivity contribution in [2.45, 2.75) is 0 Å². The second-order valence-corrected chi connectivity index (χ2v) is 4.73. The van der Waals surface area contributed by atoms with Crippen molar-refractivity contribution >= 4 is 23.1 Å². The maximum atomic E-state index is 12.2. The SMILES string of the molecule is O=C(Nc1ccccc1N=Nc1ccccn1)c1ccccc1. The van der Waals surface area contributed by atoms with Gasteiger partial charge in [0.2, 0.25) is 0 Å². The molecule has 1 amide bonds. The molecule has 3 aromatic rings. The van der Waals surface area contributed by atoms with Gasteiger partial charge in [0.25, 0.3) is 5.91 Å². The largest absolute Gasteiger partial charge is 0.320 e. The number of hydrogen-bond acceptors (Lipinski definition) is 4. The summed E-state index contributed by atoms with van der Waals surface area (Å²) in [6, 6.07) is 21.7. The topological polar surface area (TPSA) is 66.7 Å². The lowest BCUT2D eigenvalue weighted by Crippen LogP contribution is -2.11. The Morgan fingerprint density at radius 1 is 0.826 bits per heavy atom. The summed E-state index contributed by atoms with van der Waals surface area (Å²) in [4.78, 5) is 16.3. The van der Waals surface area contributed by atoms with Gasteiger partial charge in [-0.2, -0.15) is 0 Å². The minimum atomic E-state index is -0.189. The van der Waals surface area contributed by atoms with Gasteiger partial charge in [0, 0.05) is 11.8 Å². The number of carbonyl (C=O) groups excluding carboxylic acids is 1. The van der Waals surface area contributed by atoms with Crippen LogP contribution in [0.2, 0.25) is 0 Å². The van der Waals surface area contributed by atoms with E-state index in [-0.39, 0.29) is 5.91 Å². The lowest BCUT2D eigenvalue weighted by atomic mass is 10.2. The van der Waals surface area contributed by atoms with Crippen molar-refractivity contribution in [3.05, 3.63) is 84.6 Å². The molecule has 1 heterocycles. The van der Waals surface area contributed by atoms with Gasteiger partial charge in [-0.15, -0.1) is 10.2 Å². The Morgan fingerprint density at radius 2 is 1.57 bits per heavy atom. The molecule has 0 fully saturated rings. The van der Waals surface area contributed by atoms with E-state index in [4.69, 9.17) is 0 Å². The average molecular weight is 302 g/mol. The Morgan fingerprint density at radius 3 is 2.35 bits per heavy atom. The first-order valence-corrected chi connectivity index (χ1v) is 7.11. The Bertz CT molecular complexity index is 817. The van der Waals surface area contributed by atoms with E-state index in [1.54, 1.807) is 36.5 Å². The molecule has 0 atom stereocenters. The van der Waals surface area contributed by atoms with Gasteiger partial charge in [0.15, 0.2) is 5.82 Å². The standard InChI is InChI=1S/C18H14N4O/c23-18(14-8-2-1-3-9-14)20-15-10-4-5-11-16(15)21-22-17-12-6-7-13-19-17/h1-13H,(H,20,23). The number of pyridine rings is 1. The molecule has 112 valence electrons. The molecule has 0 spiro atoms. The van der Waals surface area contributed by atoms with Crippen LogP contribution < -0.4 is 5.32 Å². The Balaban J connectivity index is 1.81. The first-order valence-electron chi connectivity index (χ1n) is 7.11. The van der Waals surface area contributed by atoms with Crippen LogP contribution in [-0.2, 0) is 0 Å². The maximum absolute atomic E-state index is 12.2. The van der Waals surface area contributed by atoms with Gasteiger partial charge >= 0.3 is 0 Å². The molecule has 1 aromatic heterocycles. The van der Waals surface area contributed by atoms with Crippen LogP contribution in [0.1, 0.15) is 10.4 Å². The van der Waals surface area contributed by atoms with Crippen LogP contribution in [0.5, 0.6) is 0 Å². The number of hydrogen-bond donors (Lipinski definition) is 1. The third-order valence-electron chi connectivity index (χ3n) is 3.10. The van der Waals surface area contributed by atoms with E-state index in [1.165, 1.54) is 0 Å². The molecule has 2 aromatic carbocycles. The van der Waals surface area contributed by atoms with Gasteiger partial charge in [-0.1, -0.05) is 36.4 Å². The zero-order valence-corrected chi connectivity index (χ0v) is 12.3. The van der Waals surface area contributed by atoms with Crippen LogP contribution in [0.3, 0.4) is 0 Å². The number of carbonyl (C=O) groups is 1. The van der Waals surface area contributed by atoms with Crippen molar-refractivity contribution in [1.82, 2.24) is 4.98 Å². The molecule has 0 radical (unpaired) electrons. The molecule has 0 bridgehead atoms. The van der Waals surface area contributed by atoms with Crippen LogP contribution in [0.25, 0.3) is 0 Å². The van der Waals surface area contributed by atoms with Gasteiger partial charge < -0.3 is 5.32 Å². The van der Waals surface area contributed by atoms with Crippen molar-refractivity contribution < 1.29 is 4.79 Å². The van der Waals surface area contributed by atoms with E-state index in [2.05, 4.69) is 20.5 Å². The van der Waals surface area contributed by atoms with Crippen molar-refractivity contribution in [1.29, 1.82) is 0 Å². The number of benzene rings is 2. The molecule has 0 aliphatic rings. The van der Waals surface area contributed by atoms with Crippen LogP contribution >= 0.6 is 0 Å². The summed E-state index contributed by atoms with van der Waals surface area (Å²) in [7, 11) is 0. The van der Waals surface area contributed by atoms with Crippen LogP contribution in [0.4, 0.5) is 17.2 Å². The summed E-state index contributed by atoms with van der Waals surface area (Å²) in [5, 5.41) is 11.1. The minimum absolute atomic E-state index is 0.189. The molecule has 5 nitrogen and oxygen atoms in total. The molecule has 23 heavy (non-hydrogen) atoms. The second kappa shape index (κ2) is 7.09. The summed E-state index contributed by atoms with van der Waals surface area (Å²) in [5.74, 6) is 0.322. The maximum Gasteiger partial charge on any atom is 0.255 e. The van der Waals surface area contributed by atoms with Gasteiger partial charge in [0.1, 0.15) is 5.69 Å². The third-order valence-corrected chi connectivity index (χ3v) is 3.10. The fraction of sp³-hybridized carbons (Fsp3) is 0. The first-order chi connectivity index (χ1) is 11.3. The minimum Gasteiger partial charge on any atom is -0.320 e. The number of rotatable bonds is 4. The van der Waals surface area contributed by atoms with Crippen LogP contribution in [0.15, 0.2) is 89.2 Å². The second-order valence-electron chi connectivity index (χ2n) is 4.73. The molecule has 0 saturated carbocycles. The summed E-state index contributed by atoms with van der Waals surface area (Å²) in [6.45, 7) is 0. The van der Waals surface area contributed by atoms with E-state index >= 15 is 0 Å². The number of nitrogens with one attached hydrogen (secondary N) is 1. The third kappa shape index (κ3) is 3.85. The molecule has 0 unspecified atom stereocenters. The molecule has 5 heteroatoms. The Kier molecular flexibility index (Phi) is 4.49. The highest BCUT2D eigenvalue weighted by atomic mass is 16.1. The van der Waals surface area contributed by atoms with E-state index < -0.39 is 0 Å². The highest BCUT2D eigenvalue weighted by molar-refractivity contribution is 6.05. The van der Waals surface area contributed by atoms with Crippen molar-refractivity contribution in [2.75, 3.05) is 5.32 Å². The van der Waals surface area contributed by atoms with Crippen molar-refractivity contribution in [3.8, 4) is 0 Å². The van der Waals surface area contributed by atoms with E-state index in [0.29, 0.717) is 22.8 Å². The number of nitrogens with zero attached hydrogens (tertiary/aromatic N) is 3. The first kappa shape index (κ1) is 14.6. The number of anilines is 1. The molecular weight excluding hydrogens is 288 g/mol. The highest BCUT2D eigenvalue weighted by Crippen LogP contribution is 2.26. The van der Waals surface area contributed by atoms with Crippen molar-refractivity contribution in [2.24, 2.45) is 10.2 Å². The molecule has 0 aliphatic heterocycles. The molecule has 3 rings (SSSR count). The number of amides is 1. The zero-order valence-electron chi connectivity index (χ0n) is 12.3. The van der Waals surface area contributed by atoms with Gasteiger partial charge in [-0.05, 0) is 36.4 Å². The summed E-state index contributed by atoms with van der Waals surface area (Å²) in [5.41, 5.74) is 1.76. The summed E-state index contributed by atoms with van der Waals surface area (Å²) >= 11 is 0. The predicted molar refractivity (Wildman–Crippen MR) is 89.3 cm³/mol. The number of para-hydroxylation sites is 1. The van der Waals surface area contributed by atoms with Gasteiger partial charge in [-0.25, -0.2) is 4.98 Å². The normalized spacial score (nSPS) is 10.6. The smallest absolute Gasteiger partial charge is 0.255 e. The number of azo groups is 1. The fourth-order valence-corrected chi connectivity index (χ4v) is 1.97. The number of aromatic nitrogens is 1. The molecule has 1 N–H and O–H groups in total. The van der Waals surface area contributed by atoms with Crippen LogP contribution in [-0.4, -0.2) is 10.9 Å². The fourth-order valence-electron chi connectivity index (χ4n) is 1.97. The van der Waals surface area contributed by atoms with Crippen LogP contribution in [0, 0.1) is 0 Å². The highest BCUT2D eigenvalue weighted by Gasteiger charge is 2.08. The van der Waals surface area contributed by atoms with E-state index in [9.17, 15) is 4.79 Å². The predicted octanol–water partition coefficient (Wildman–Crippen LogP) is 4.75. The van der Waals surface area contributed by atoms with Gasteiger partial charge in [-0.3, -0.25) is 4.79 Å². The van der Waals surface area contributed by atoms with Crippen molar-refractivity contribution in [3.63, 3.8) is 0 Å². The monoisotopic (exact) mass is 302 g/mol. The van der Waals surface area contributed by atoms with E-state index in [0.717, 1.165) is 0 Å². The average Bonchev–Trinajstić information content (AvgIpc) is 2.62. The quantitative estimate of drug-likeness (QED) is 0.707. The molecular formula is C18H14N4O. The lowest BCUT2D eigenvalue weighted by molar-refractivity contribution is 0.102. The summed E-state index contributed by atoms with van der Waals surface area (Å²) < 4.78 is 0. The summed E-state index contributed by atoms with van der Waals surface area (Å²) in [6.07, 6.45) is 1.65. The Hall–Kier alpha value is -3.34. The molecule has 0 aliphatic carbocycles.